The van der Waals surface area contributed by atoms with Crippen LogP contribution in [-0.4, -0.2) is 10.7 Å². The molecular formula is C11H10Cl3N3. The van der Waals surface area contributed by atoms with Crippen molar-refractivity contribution in [1.82, 2.24) is 4.98 Å². The maximum Gasteiger partial charge on any atom is 0.166 e. The largest absolute Gasteiger partial charge is 0.260 e. The van der Waals surface area contributed by atoms with E-state index in [9.17, 15) is 0 Å². The topological polar surface area (TPSA) is 37.3 Å². The summed E-state index contributed by atoms with van der Waals surface area (Å²) in [5.41, 5.74) is 5.10. The van der Waals surface area contributed by atoms with Crippen LogP contribution in [0.25, 0.3) is 0 Å². The van der Waals surface area contributed by atoms with Crippen molar-refractivity contribution >= 4 is 46.3 Å². The molecule has 6 heteroatoms. The van der Waals surface area contributed by atoms with E-state index < -0.39 is 0 Å². The van der Waals surface area contributed by atoms with Crippen LogP contribution < -0.4 is 5.43 Å². The Morgan fingerprint density at radius 1 is 1.24 bits per heavy atom. The van der Waals surface area contributed by atoms with Crippen molar-refractivity contribution in [2.45, 2.75) is 19.8 Å². The van der Waals surface area contributed by atoms with Crippen LogP contribution in [0.5, 0.6) is 0 Å². The number of nitrogens with one attached hydrogen (secondary N) is 1. The second-order valence-corrected chi connectivity index (χ2v) is 4.97. The molecule has 1 aromatic heterocycles. The van der Waals surface area contributed by atoms with Crippen molar-refractivity contribution in [3.05, 3.63) is 32.9 Å². The molecule has 1 aliphatic carbocycles. The van der Waals surface area contributed by atoms with Crippen molar-refractivity contribution in [1.29, 1.82) is 0 Å². The standard InChI is InChI=1S/C11H10Cl3N3/c1-6-2-3-7(4-6)16-17-11-9(13)5-8(12)10(14)15-11/h4-5H,2-3H2,1H3,(H,15,17)/b16-7-. The number of aromatic nitrogens is 1. The predicted octanol–water partition coefficient (Wildman–Crippen LogP) is 4.55. The number of anilines is 1. The van der Waals surface area contributed by atoms with E-state index in [2.05, 4.69) is 22.4 Å². The van der Waals surface area contributed by atoms with E-state index in [1.807, 2.05) is 6.08 Å². The first-order valence-electron chi connectivity index (χ1n) is 5.07. The van der Waals surface area contributed by atoms with Crippen molar-refractivity contribution in [2.24, 2.45) is 5.10 Å². The first-order chi connectivity index (χ1) is 8.06. The molecule has 1 N–H and O–H groups in total. The lowest BCUT2D eigenvalue weighted by Gasteiger charge is -2.04. The third-order valence-electron chi connectivity index (χ3n) is 2.38. The molecule has 0 saturated carbocycles. The molecule has 0 aliphatic heterocycles. The molecule has 3 nitrogen and oxygen atoms in total. The summed E-state index contributed by atoms with van der Waals surface area (Å²) in [6.45, 7) is 2.08. The smallest absolute Gasteiger partial charge is 0.166 e. The molecule has 1 aromatic rings. The number of nitrogens with zero attached hydrogens (tertiary/aromatic N) is 2. The van der Waals surface area contributed by atoms with Crippen molar-refractivity contribution < 1.29 is 0 Å². The van der Waals surface area contributed by atoms with Gasteiger partial charge in [-0.25, -0.2) is 4.98 Å². The lowest BCUT2D eigenvalue weighted by Crippen LogP contribution is -1.98. The van der Waals surface area contributed by atoms with E-state index in [0.717, 1.165) is 18.6 Å². The highest BCUT2D eigenvalue weighted by atomic mass is 35.5. The summed E-state index contributed by atoms with van der Waals surface area (Å²) in [6, 6.07) is 1.54. The molecule has 0 bridgehead atoms. The molecule has 0 saturated heterocycles. The highest BCUT2D eigenvalue weighted by Gasteiger charge is 2.09. The molecule has 1 aliphatic rings. The number of hydrogen-bond acceptors (Lipinski definition) is 3. The molecule has 0 radical (unpaired) electrons. The van der Waals surface area contributed by atoms with Gasteiger partial charge in [-0.1, -0.05) is 40.4 Å². The monoisotopic (exact) mass is 289 g/mol. The van der Waals surface area contributed by atoms with Crippen molar-refractivity contribution in [2.75, 3.05) is 5.43 Å². The van der Waals surface area contributed by atoms with Crippen LogP contribution in [0.2, 0.25) is 15.2 Å². The normalized spacial score (nSPS) is 17.4. The Morgan fingerprint density at radius 2 is 2.00 bits per heavy atom. The SMILES string of the molecule is CC1=C/C(=N\Nc2nc(Cl)c(Cl)cc2Cl)CC1. The van der Waals surface area contributed by atoms with Gasteiger partial charge in [-0.3, -0.25) is 5.43 Å². The number of pyridine rings is 1. The maximum absolute atomic E-state index is 5.96. The Morgan fingerprint density at radius 3 is 2.65 bits per heavy atom. The summed E-state index contributed by atoms with van der Waals surface area (Å²) < 4.78 is 0. The zero-order valence-electron chi connectivity index (χ0n) is 9.10. The van der Waals surface area contributed by atoms with Crippen molar-refractivity contribution in [3.63, 3.8) is 0 Å². The van der Waals surface area contributed by atoms with Gasteiger partial charge in [-0.2, -0.15) is 5.10 Å². The molecule has 0 atom stereocenters. The van der Waals surface area contributed by atoms with Crippen molar-refractivity contribution in [3.8, 4) is 0 Å². The number of halogens is 3. The second kappa shape index (κ2) is 5.25. The fraction of sp³-hybridized carbons (Fsp3) is 0.273. The molecule has 2 rings (SSSR count). The summed E-state index contributed by atoms with van der Waals surface area (Å²) >= 11 is 17.5. The van der Waals surface area contributed by atoms with E-state index in [4.69, 9.17) is 34.8 Å². The number of allylic oxidation sites excluding steroid dienone is 2. The van der Waals surface area contributed by atoms with Gasteiger partial charge in [-0.05, 0) is 31.9 Å². The summed E-state index contributed by atoms with van der Waals surface area (Å²) in [4.78, 5) is 4.01. The molecule has 0 aromatic carbocycles. The van der Waals surface area contributed by atoms with Crippen LogP contribution in [-0.2, 0) is 0 Å². The quantitative estimate of drug-likeness (QED) is 0.641. The predicted molar refractivity (Wildman–Crippen MR) is 73.3 cm³/mol. The van der Waals surface area contributed by atoms with Crippen LogP contribution in [0.4, 0.5) is 5.82 Å². The first-order valence-corrected chi connectivity index (χ1v) is 6.21. The second-order valence-electron chi connectivity index (χ2n) is 3.80. The minimum absolute atomic E-state index is 0.205. The summed E-state index contributed by atoms with van der Waals surface area (Å²) in [5, 5.41) is 5.14. The van der Waals surface area contributed by atoms with Gasteiger partial charge in [0.25, 0.3) is 0 Å². The van der Waals surface area contributed by atoms with E-state index in [1.54, 1.807) is 0 Å². The third kappa shape index (κ3) is 3.12. The average Bonchev–Trinajstić information content (AvgIpc) is 2.68. The minimum atomic E-state index is 0.205. The zero-order chi connectivity index (χ0) is 12.4. The minimum Gasteiger partial charge on any atom is -0.260 e. The van der Waals surface area contributed by atoms with E-state index in [1.165, 1.54) is 11.6 Å². The van der Waals surface area contributed by atoms with Crippen LogP contribution in [0, 0.1) is 0 Å². The number of hydrogen-bond donors (Lipinski definition) is 1. The Kier molecular flexibility index (Phi) is 3.92. The molecule has 90 valence electrons. The summed E-state index contributed by atoms with van der Waals surface area (Å²) in [6.07, 6.45) is 4.01. The molecule has 0 unspecified atom stereocenters. The van der Waals surface area contributed by atoms with Gasteiger partial charge in [0.2, 0.25) is 0 Å². The van der Waals surface area contributed by atoms with Gasteiger partial charge in [0.05, 0.1) is 15.8 Å². The Bertz CT molecular complexity index is 509. The Hall–Kier alpha value is -0.770. The van der Waals surface area contributed by atoms with Crippen LogP contribution in [0.1, 0.15) is 19.8 Å². The zero-order valence-corrected chi connectivity index (χ0v) is 11.4. The Labute approximate surface area is 114 Å². The molecule has 0 fully saturated rings. The number of rotatable bonds is 2. The highest BCUT2D eigenvalue weighted by molar-refractivity contribution is 6.42. The van der Waals surface area contributed by atoms with E-state index in [-0.39, 0.29) is 5.15 Å². The fourth-order valence-electron chi connectivity index (χ4n) is 1.49. The Balaban J connectivity index is 2.17. The van der Waals surface area contributed by atoms with Gasteiger partial charge in [-0.15, -0.1) is 0 Å². The molecular weight excluding hydrogens is 281 g/mol. The average molecular weight is 291 g/mol. The summed E-state index contributed by atoms with van der Waals surface area (Å²) in [5.74, 6) is 0.409. The lowest BCUT2D eigenvalue weighted by molar-refractivity contribution is 1.05. The van der Waals surface area contributed by atoms with Crippen LogP contribution in [0.3, 0.4) is 0 Å². The maximum atomic E-state index is 5.96. The van der Waals surface area contributed by atoms with Gasteiger partial charge in [0.15, 0.2) is 5.82 Å². The molecule has 0 spiro atoms. The lowest BCUT2D eigenvalue weighted by atomic mass is 10.3. The van der Waals surface area contributed by atoms with Crippen LogP contribution >= 0.6 is 34.8 Å². The van der Waals surface area contributed by atoms with Gasteiger partial charge >= 0.3 is 0 Å². The summed E-state index contributed by atoms with van der Waals surface area (Å²) in [7, 11) is 0. The van der Waals surface area contributed by atoms with E-state index in [0.29, 0.717) is 15.9 Å². The van der Waals surface area contributed by atoms with Gasteiger partial charge < -0.3 is 0 Å². The first kappa shape index (κ1) is 12.7. The van der Waals surface area contributed by atoms with Crippen LogP contribution in [0.15, 0.2) is 22.8 Å². The fourth-order valence-corrected chi connectivity index (χ4v) is 2.03. The molecule has 17 heavy (non-hydrogen) atoms. The molecule has 1 heterocycles. The van der Waals surface area contributed by atoms with Gasteiger partial charge in [0.1, 0.15) is 5.15 Å². The molecule has 0 amide bonds. The highest BCUT2D eigenvalue weighted by Crippen LogP contribution is 2.29. The van der Waals surface area contributed by atoms with Gasteiger partial charge in [0, 0.05) is 0 Å². The van der Waals surface area contributed by atoms with E-state index >= 15 is 0 Å². The third-order valence-corrected chi connectivity index (χ3v) is 3.34. The number of hydrazone groups is 1.